The molecule has 0 unspecified atom stereocenters. The molecule has 12 nitrogen and oxygen atoms in total. The Hall–Kier alpha value is -1.58. The zero-order valence-corrected chi connectivity index (χ0v) is 15.8. The van der Waals surface area contributed by atoms with Gasteiger partial charge in [0, 0.05) is 5.69 Å². The lowest BCUT2D eigenvalue weighted by atomic mass is 9.97. The molecule has 0 saturated carbocycles. The van der Waals surface area contributed by atoms with Crippen molar-refractivity contribution in [3.05, 3.63) is 24.3 Å². The zero-order chi connectivity index (χ0) is 22.0. The van der Waals surface area contributed by atoms with Gasteiger partial charge in [-0.2, -0.15) is 0 Å². The third-order valence-corrected chi connectivity index (χ3v) is 5.09. The number of aliphatic hydroxyl groups excluding tert-OH is 7. The predicted octanol–water partition coefficient (Wildman–Crippen LogP) is -3.73. The second-order valence-corrected chi connectivity index (χ2v) is 7.19. The first-order chi connectivity index (χ1) is 14.3. The van der Waals surface area contributed by atoms with E-state index in [1.165, 1.54) is 12.1 Å². The van der Waals surface area contributed by atoms with Crippen LogP contribution in [0.4, 0.5) is 5.69 Å². The van der Waals surface area contributed by atoms with Crippen LogP contribution in [0.2, 0.25) is 0 Å². The summed E-state index contributed by atoms with van der Waals surface area (Å²) in [5, 5.41) is 69.7. The number of nitrogens with two attached hydrogens (primary N) is 1. The standard InChI is InChI=1S/C18H27NO11/c19-7-1-3-8(4-2-7)27-17-15(26)13(24)16(10(6-21)29-17)30-18-14(25)12(23)11(22)9(5-20)28-18/h1-4,9-18,20-26H,5-6,19H2/t9-,10-,11+,12+,13-,14-,15-,16-,17-,18-/m1/s1. The van der Waals surface area contributed by atoms with E-state index in [1.807, 2.05) is 0 Å². The number of benzene rings is 1. The summed E-state index contributed by atoms with van der Waals surface area (Å²) in [4.78, 5) is 0. The fourth-order valence-electron chi connectivity index (χ4n) is 3.33. The Labute approximate surface area is 171 Å². The van der Waals surface area contributed by atoms with Crippen LogP contribution in [-0.4, -0.2) is 110 Å². The molecule has 10 atom stereocenters. The van der Waals surface area contributed by atoms with Crippen molar-refractivity contribution in [2.24, 2.45) is 0 Å². The highest BCUT2D eigenvalue weighted by molar-refractivity contribution is 5.41. The van der Waals surface area contributed by atoms with Gasteiger partial charge >= 0.3 is 0 Å². The summed E-state index contributed by atoms with van der Waals surface area (Å²) in [6.07, 6.45) is -15.0. The van der Waals surface area contributed by atoms with Gasteiger partial charge in [0.2, 0.25) is 6.29 Å². The lowest BCUT2D eigenvalue weighted by Crippen LogP contribution is -2.65. The highest BCUT2D eigenvalue weighted by Crippen LogP contribution is 2.30. The molecule has 9 N–H and O–H groups in total. The summed E-state index contributed by atoms with van der Waals surface area (Å²) in [5.41, 5.74) is 6.10. The van der Waals surface area contributed by atoms with Gasteiger partial charge in [-0.05, 0) is 24.3 Å². The van der Waals surface area contributed by atoms with Gasteiger partial charge < -0.3 is 60.4 Å². The van der Waals surface area contributed by atoms with Gasteiger partial charge in [0.15, 0.2) is 6.29 Å². The van der Waals surface area contributed by atoms with Crippen LogP contribution in [0.1, 0.15) is 0 Å². The average molecular weight is 433 g/mol. The van der Waals surface area contributed by atoms with E-state index >= 15 is 0 Å². The molecule has 2 saturated heterocycles. The Balaban J connectivity index is 1.71. The van der Waals surface area contributed by atoms with Gasteiger partial charge in [0.05, 0.1) is 13.2 Å². The van der Waals surface area contributed by atoms with Gasteiger partial charge in [0.25, 0.3) is 0 Å². The van der Waals surface area contributed by atoms with E-state index in [0.717, 1.165) is 0 Å². The van der Waals surface area contributed by atoms with Crippen LogP contribution < -0.4 is 10.5 Å². The molecule has 0 radical (unpaired) electrons. The molecule has 30 heavy (non-hydrogen) atoms. The topological polar surface area (TPSA) is 205 Å². The highest BCUT2D eigenvalue weighted by Gasteiger charge is 2.51. The van der Waals surface area contributed by atoms with Crippen molar-refractivity contribution in [3.63, 3.8) is 0 Å². The summed E-state index contributed by atoms with van der Waals surface area (Å²) < 4.78 is 21.7. The quantitative estimate of drug-likeness (QED) is 0.204. The smallest absolute Gasteiger partial charge is 0.229 e. The van der Waals surface area contributed by atoms with Crippen molar-refractivity contribution >= 4 is 5.69 Å². The van der Waals surface area contributed by atoms with E-state index in [2.05, 4.69) is 0 Å². The number of nitrogen functional groups attached to an aromatic ring is 1. The molecule has 2 aliphatic rings. The number of hydrogen-bond donors (Lipinski definition) is 8. The molecular formula is C18H27NO11. The largest absolute Gasteiger partial charge is 0.462 e. The van der Waals surface area contributed by atoms with Crippen molar-refractivity contribution in [3.8, 4) is 5.75 Å². The Kier molecular flexibility index (Phi) is 7.47. The van der Waals surface area contributed by atoms with Crippen LogP contribution in [0, 0.1) is 0 Å². The SMILES string of the molecule is Nc1ccc(O[C@@H]2O[C@H](CO)[C@@H](O[C@H]3O[C@H](CO)[C@H](O)[C@H](O)[C@H]3O)[C@H](O)[C@H]2O)cc1. The number of ether oxygens (including phenoxy) is 4. The molecule has 0 aromatic heterocycles. The Morgan fingerprint density at radius 3 is 1.90 bits per heavy atom. The lowest BCUT2D eigenvalue weighted by molar-refractivity contribution is -0.352. The third kappa shape index (κ3) is 4.68. The van der Waals surface area contributed by atoms with Crippen LogP contribution in [-0.2, 0) is 14.2 Å². The zero-order valence-electron chi connectivity index (χ0n) is 15.8. The minimum atomic E-state index is -1.73. The van der Waals surface area contributed by atoms with Gasteiger partial charge in [-0.1, -0.05) is 0 Å². The van der Waals surface area contributed by atoms with E-state index in [9.17, 15) is 35.7 Å². The van der Waals surface area contributed by atoms with E-state index in [4.69, 9.17) is 24.7 Å². The maximum Gasteiger partial charge on any atom is 0.229 e. The molecule has 2 aliphatic heterocycles. The molecule has 0 aliphatic carbocycles. The molecule has 0 spiro atoms. The average Bonchev–Trinajstić information content (AvgIpc) is 2.74. The minimum Gasteiger partial charge on any atom is -0.462 e. The first kappa shape index (κ1) is 23.1. The third-order valence-electron chi connectivity index (χ3n) is 5.09. The van der Waals surface area contributed by atoms with E-state index in [0.29, 0.717) is 11.4 Å². The monoisotopic (exact) mass is 433 g/mol. The minimum absolute atomic E-state index is 0.297. The fraction of sp³-hybridized carbons (Fsp3) is 0.667. The van der Waals surface area contributed by atoms with Crippen LogP contribution in [0.3, 0.4) is 0 Å². The second-order valence-electron chi connectivity index (χ2n) is 7.19. The van der Waals surface area contributed by atoms with Crippen LogP contribution >= 0.6 is 0 Å². The Morgan fingerprint density at radius 2 is 1.30 bits per heavy atom. The molecule has 1 aromatic carbocycles. The van der Waals surface area contributed by atoms with Crippen molar-refractivity contribution in [1.82, 2.24) is 0 Å². The Bertz CT molecular complexity index is 673. The number of anilines is 1. The molecule has 0 amide bonds. The molecule has 170 valence electrons. The summed E-state index contributed by atoms with van der Waals surface area (Å²) in [6, 6.07) is 6.19. The molecular weight excluding hydrogens is 406 g/mol. The van der Waals surface area contributed by atoms with Crippen molar-refractivity contribution in [2.75, 3.05) is 18.9 Å². The summed E-state index contributed by atoms with van der Waals surface area (Å²) in [6.45, 7) is -1.31. The normalized spacial score (nSPS) is 42.1. The number of rotatable bonds is 6. The van der Waals surface area contributed by atoms with E-state index in [1.54, 1.807) is 12.1 Å². The first-order valence-corrected chi connectivity index (χ1v) is 9.37. The van der Waals surface area contributed by atoms with Crippen LogP contribution in [0.5, 0.6) is 5.75 Å². The van der Waals surface area contributed by atoms with Crippen molar-refractivity contribution in [1.29, 1.82) is 0 Å². The van der Waals surface area contributed by atoms with Crippen LogP contribution in [0.15, 0.2) is 24.3 Å². The van der Waals surface area contributed by atoms with Crippen molar-refractivity contribution < 1.29 is 54.7 Å². The molecule has 3 rings (SSSR count). The summed E-state index contributed by atoms with van der Waals surface area (Å²) in [7, 11) is 0. The van der Waals surface area contributed by atoms with Crippen LogP contribution in [0.25, 0.3) is 0 Å². The molecule has 1 aromatic rings. The second kappa shape index (κ2) is 9.70. The summed E-state index contributed by atoms with van der Waals surface area (Å²) in [5.74, 6) is 0.297. The maximum absolute atomic E-state index is 10.5. The Morgan fingerprint density at radius 1 is 0.733 bits per heavy atom. The van der Waals surface area contributed by atoms with E-state index in [-0.39, 0.29) is 0 Å². The first-order valence-electron chi connectivity index (χ1n) is 9.37. The molecule has 2 heterocycles. The molecule has 2 fully saturated rings. The van der Waals surface area contributed by atoms with Gasteiger partial charge in [-0.3, -0.25) is 0 Å². The number of aliphatic hydroxyl groups is 7. The lowest BCUT2D eigenvalue weighted by Gasteiger charge is -2.45. The van der Waals surface area contributed by atoms with Crippen molar-refractivity contribution in [2.45, 2.75) is 61.4 Å². The fourth-order valence-corrected chi connectivity index (χ4v) is 3.33. The number of hydrogen-bond acceptors (Lipinski definition) is 12. The maximum atomic E-state index is 10.5. The molecule has 12 heteroatoms. The van der Waals surface area contributed by atoms with Gasteiger partial charge in [-0.15, -0.1) is 0 Å². The van der Waals surface area contributed by atoms with Gasteiger partial charge in [-0.25, -0.2) is 0 Å². The summed E-state index contributed by atoms with van der Waals surface area (Å²) >= 11 is 0. The van der Waals surface area contributed by atoms with E-state index < -0.39 is 74.6 Å². The highest BCUT2D eigenvalue weighted by atomic mass is 16.7. The van der Waals surface area contributed by atoms with Gasteiger partial charge in [0.1, 0.15) is 54.6 Å². The molecule has 0 bridgehead atoms. The predicted molar refractivity (Wildman–Crippen MR) is 97.9 cm³/mol.